The van der Waals surface area contributed by atoms with Gasteiger partial charge in [-0.05, 0) is 38.0 Å². The molecule has 0 saturated heterocycles. The summed E-state index contributed by atoms with van der Waals surface area (Å²) in [7, 11) is 1.57. The van der Waals surface area contributed by atoms with E-state index in [-0.39, 0.29) is 5.78 Å². The number of aromatic nitrogens is 2. The fraction of sp³-hybridized carbons (Fsp3) is 0.333. The van der Waals surface area contributed by atoms with Crippen molar-refractivity contribution in [3.05, 3.63) is 41.7 Å². The maximum Gasteiger partial charge on any atom is 0.165 e. The van der Waals surface area contributed by atoms with Gasteiger partial charge < -0.3 is 4.74 Å². The van der Waals surface area contributed by atoms with Crippen molar-refractivity contribution >= 4 is 5.78 Å². The lowest BCUT2D eigenvalue weighted by Gasteiger charge is -2.11. The van der Waals surface area contributed by atoms with Crippen molar-refractivity contribution in [3.8, 4) is 11.4 Å². The monoisotopic (exact) mass is 256 g/mol. The molecular formula is C15H16N2O2. The first-order chi connectivity index (χ1) is 9.20. The molecule has 0 unspecified atom stereocenters. The summed E-state index contributed by atoms with van der Waals surface area (Å²) in [5.74, 6) is 1.18. The average Bonchev–Trinajstić information content (AvgIpc) is 3.15. The van der Waals surface area contributed by atoms with Crippen molar-refractivity contribution in [2.24, 2.45) is 0 Å². The van der Waals surface area contributed by atoms with Gasteiger partial charge in [0.25, 0.3) is 0 Å². The molecule has 1 heterocycles. The summed E-state index contributed by atoms with van der Waals surface area (Å²) in [5, 5.41) is 4.57. The molecule has 4 heteroatoms. The van der Waals surface area contributed by atoms with Crippen molar-refractivity contribution in [1.82, 2.24) is 9.78 Å². The van der Waals surface area contributed by atoms with Gasteiger partial charge >= 0.3 is 0 Å². The maximum atomic E-state index is 11.9. The van der Waals surface area contributed by atoms with Crippen molar-refractivity contribution < 1.29 is 9.53 Å². The highest BCUT2D eigenvalue weighted by Gasteiger charge is 2.26. The molecule has 1 fully saturated rings. The summed E-state index contributed by atoms with van der Waals surface area (Å²) >= 11 is 0. The molecule has 98 valence electrons. The molecule has 1 aromatic carbocycles. The molecule has 1 aliphatic carbocycles. The van der Waals surface area contributed by atoms with Crippen LogP contribution in [-0.4, -0.2) is 22.7 Å². The van der Waals surface area contributed by atoms with Crippen molar-refractivity contribution in [1.29, 1.82) is 0 Å². The van der Waals surface area contributed by atoms with E-state index in [0.717, 1.165) is 11.4 Å². The lowest BCUT2D eigenvalue weighted by molar-refractivity contribution is 0.101. The first-order valence-corrected chi connectivity index (χ1v) is 6.44. The fourth-order valence-electron chi connectivity index (χ4n) is 2.30. The molecule has 4 nitrogen and oxygen atoms in total. The first kappa shape index (κ1) is 12.0. The van der Waals surface area contributed by atoms with E-state index in [4.69, 9.17) is 4.74 Å². The van der Waals surface area contributed by atoms with Crippen LogP contribution in [0, 0.1) is 0 Å². The zero-order valence-electron chi connectivity index (χ0n) is 11.1. The van der Waals surface area contributed by atoms with Crippen LogP contribution in [0.4, 0.5) is 0 Å². The van der Waals surface area contributed by atoms with E-state index in [1.54, 1.807) is 24.8 Å². The van der Waals surface area contributed by atoms with E-state index in [9.17, 15) is 4.79 Å². The molecule has 19 heavy (non-hydrogen) atoms. The fourth-order valence-corrected chi connectivity index (χ4v) is 2.30. The second kappa shape index (κ2) is 4.53. The summed E-state index contributed by atoms with van der Waals surface area (Å²) in [6, 6.07) is 7.59. The molecule has 1 aliphatic rings. The highest BCUT2D eigenvalue weighted by atomic mass is 16.5. The van der Waals surface area contributed by atoms with Gasteiger partial charge in [-0.2, -0.15) is 5.10 Å². The van der Waals surface area contributed by atoms with E-state index in [1.807, 2.05) is 24.4 Å². The van der Waals surface area contributed by atoms with Gasteiger partial charge in [-0.25, -0.2) is 4.68 Å². The predicted molar refractivity (Wildman–Crippen MR) is 72.1 cm³/mol. The second-order valence-corrected chi connectivity index (χ2v) is 4.87. The maximum absolute atomic E-state index is 11.9. The van der Waals surface area contributed by atoms with Crippen molar-refractivity contribution in [2.45, 2.75) is 25.7 Å². The van der Waals surface area contributed by atoms with Crippen LogP contribution in [0.5, 0.6) is 5.75 Å². The number of nitrogens with zero attached hydrogens (tertiary/aromatic N) is 2. The minimum Gasteiger partial charge on any atom is -0.496 e. The standard InChI is InChI=1S/C15H16N2O2/c1-10(18)15-13(4-3-5-14(15)19-2)17-9-8-12(16-17)11-6-7-11/h3-5,8-9,11H,6-7H2,1-2H3. The molecule has 3 rings (SSSR count). The second-order valence-electron chi connectivity index (χ2n) is 4.87. The Labute approximate surface area is 112 Å². The van der Waals surface area contributed by atoms with Crippen LogP contribution in [0.15, 0.2) is 30.5 Å². The Kier molecular flexibility index (Phi) is 2.85. The summed E-state index contributed by atoms with van der Waals surface area (Å²) in [4.78, 5) is 11.9. The lowest BCUT2D eigenvalue weighted by atomic mass is 10.1. The van der Waals surface area contributed by atoms with Gasteiger partial charge in [0, 0.05) is 12.1 Å². The zero-order chi connectivity index (χ0) is 13.4. The van der Waals surface area contributed by atoms with Gasteiger partial charge in [0.1, 0.15) is 5.75 Å². The van der Waals surface area contributed by atoms with Crippen LogP contribution >= 0.6 is 0 Å². The van der Waals surface area contributed by atoms with Gasteiger partial charge in [0.2, 0.25) is 0 Å². The molecule has 0 spiro atoms. The highest BCUT2D eigenvalue weighted by Crippen LogP contribution is 2.39. The molecule has 0 aliphatic heterocycles. The molecule has 0 atom stereocenters. The van der Waals surface area contributed by atoms with Crippen LogP contribution < -0.4 is 4.74 Å². The summed E-state index contributed by atoms with van der Waals surface area (Å²) in [5.41, 5.74) is 2.46. The summed E-state index contributed by atoms with van der Waals surface area (Å²) in [6.45, 7) is 1.55. The van der Waals surface area contributed by atoms with Gasteiger partial charge in [0.15, 0.2) is 5.78 Å². The smallest absolute Gasteiger partial charge is 0.165 e. The predicted octanol–water partition coefficient (Wildman–Crippen LogP) is 2.96. The molecule has 0 N–H and O–H groups in total. The number of rotatable bonds is 4. The van der Waals surface area contributed by atoms with Crippen LogP contribution in [0.2, 0.25) is 0 Å². The lowest BCUT2D eigenvalue weighted by Crippen LogP contribution is -2.06. The van der Waals surface area contributed by atoms with Crippen molar-refractivity contribution in [3.63, 3.8) is 0 Å². The summed E-state index contributed by atoms with van der Waals surface area (Å²) in [6.07, 6.45) is 4.35. The number of Topliss-reactive ketones (excluding diaryl/α,β-unsaturated/α-hetero) is 1. The average molecular weight is 256 g/mol. The molecule has 0 radical (unpaired) electrons. The van der Waals surface area contributed by atoms with Crippen LogP contribution in [-0.2, 0) is 0 Å². The molecule has 0 bridgehead atoms. The van der Waals surface area contributed by atoms with Gasteiger partial charge in [-0.1, -0.05) is 6.07 Å². The number of hydrogen-bond acceptors (Lipinski definition) is 3. The minimum absolute atomic E-state index is 0.0177. The largest absolute Gasteiger partial charge is 0.496 e. The molecular weight excluding hydrogens is 240 g/mol. The SMILES string of the molecule is COc1cccc(-n2ccc(C3CC3)n2)c1C(C)=O. The number of carbonyl (C=O) groups is 1. The quantitative estimate of drug-likeness (QED) is 0.790. The van der Waals surface area contributed by atoms with E-state index in [2.05, 4.69) is 5.10 Å². The van der Waals surface area contributed by atoms with Crippen LogP contribution in [0.3, 0.4) is 0 Å². The van der Waals surface area contributed by atoms with Crippen molar-refractivity contribution in [2.75, 3.05) is 7.11 Å². The number of benzene rings is 1. The Morgan fingerprint density at radius 1 is 1.37 bits per heavy atom. The Morgan fingerprint density at radius 3 is 2.79 bits per heavy atom. The molecule has 2 aromatic rings. The number of ether oxygens (including phenoxy) is 1. The Balaban J connectivity index is 2.09. The molecule has 1 saturated carbocycles. The highest BCUT2D eigenvalue weighted by molar-refractivity contribution is 6.00. The number of hydrogen-bond donors (Lipinski definition) is 0. The number of ketones is 1. The van der Waals surface area contributed by atoms with Crippen LogP contribution in [0.25, 0.3) is 5.69 Å². The topological polar surface area (TPSA) is 44.1 Å². The van der Waals surface area contributed by atoms with E-state index >= 15 is 0 Å². The van der Waals surface area contributed by atoms with Gasteiger partial charge in [-0.15, -0.1) is 0 Å². The van der Waals surface area contributed by atoms with Gasteiger partial charge in [-0.3, -0.25) is 4.79 Å². The number of methoxy groups -OCH3 is 1. The molecule has 1 aromatic heterocycles. The zero-order valence-corrected chi connectivity index (χ0v) is 11.1. The Morgan fingerprint density at radius 2 is 2.16 bits per heavy atom. The first-order valence-electron chi connectivity index (χ1n) is 6.44. The Bertz CT molecular complexity index is 627. The minimum atomic E-state index is -0.0177. The summed E-state index contributed by atoms with van der Waals surface area (Å²) < 4.78 is 7.04. The van der Waals surface area contributed by atoms with E-state index < -0.39 is 0 Å². The third-order valence-corrected chi connectivity index (χ3v) is 3.43. The third-order valence-electron chi connectivity index (χ3n) is 3.43. The number of carbonyl (C=O) groups excluding carboxylic acids is 1. The molecule has 0 amide bonds. The van der Waals surface area contributed by atoms with Crippen LogP contribution in [0.1, 0.15) is 41.7 Å². The van der Waals surface area contributed by atoms with E-state index in [0.29, 0.717) is 17.2 Å². The van der Waals surface area contributed by atoms with E-state index in [1.165, 1.54) is 12.8 Å². The normalized spacial score (nSPS) is 14.4. The van der Waals surface area contributed by atoms with Gasteiger partial charge in [0.05, 0.1) is 24.1 Å². The Hall–Kier alpha value is -2.10. The third kappa shape index (κ3) is 2.14.